The molecule has 1 aromatic rings. The van der Waals surface area contributed by atoms with Crippen LogP contribution in [-0.2, 0) is 16.1 Å². The van der Waals surface area contributed by atoms with E-state index in [1.54, 1.807) is 11.3 Å². The van der Waals surface area contributed by atoms with Crippen molar-refractivity contribution in [1.82, 2.24) is 15.1 Å². The van der Waals surface area contributed by atoms with Crippen LogP contribution in [0.15, 0.2) is 12.1 Å². The summed E-state index contributed by atoms with van der Waals surface area (Å²) >= 11 is 7.51. The second-order valence-corrected chi connectivity index (χ2v) is 6.73. The molecule has 21 heavy (non-hydrogen) atoms. The Morgan fingerprint density at radius 2 is 1.90 bits per heavy atom. The average Bonchev–Trinajstić information content (AvgIpc) is 2.84. The number of carbonyl (C=O) groups is 2. The number of nitrogens with zero attached hydrogens (tertiary/aromatic N) is 2. The summed E-state index contributed by atoms with van der Waals surface area (Å²) in [5, 5.41) is 10.9. The largest absolute Gasteiger partial charge is 0.480 e. The molecule has 0 bridgehead atoms. The Balaban J connectivity index is 1.68. The Hall–Kier alpha value is -1.15. The Bertz CT molecular complexity index is 501. The lowest BCUT2D eigenvalue weighted by atomic mass is 10.3. The first kappa shape index (κ1) is 16.2. The van der Waals surface area contributed by atoms with Gasteiger partial charge >= 0.3 is 5.97 Å². The highest BCUT2D eigenvalue weighted by Gasteiger charge is 2.19. The lowest BCUT2D eigenvalue weighted by Gasteiger charge is -2.33. The molecular formula is C13H18ClN3O3S. The molecule has 1 aliphatic rings. The van der Waals surface area contributed by atoms with Crippen molar-refractivity contribution in [2.75, 3.05) is 39.3 Å². The molecule has 2 rings (SSSR count). The molecule has 116 valence electrons. The van der Waals surface area contributed by atoms with Gasteiger partial charge in [-0.1, -0.05) is 11.6 Å². The van der Waals surface area contributed by atoms with Crippen molar-refractivity contribution < 1.29 is 14.7 Å². The predicted octanol–water partition coefficient (Wildman–Crippen LogP) is 0.720. The molecule has 1 saturated heterocycles. The van der Waals surface area contributed by atoms with Crippen LogP contribution in [0.1, 0.15) is 4.88 Å². The highest BCUT2D eigenvalue weighted by Crippen LogP contribution is 2.23. The molecule has 0 saturated carbocycles. The van der Waals surface area contributed by atoms with Gasteiger partial charge in [0.1, 0.15) is 6.54 Å². The van der Waals surface area contributed by atoms with E-state index in [2.05, 4.69) is 10.2 Å². The third kappa shape index (κ3) is 5.62. The molecule has 0 unspecified atom stereocenters. The van der Waals surface area contributed by atoms with E-state index in [1.807, 2.05) is 17.0 Å². The monoisotopic (exact) mass is 331 g/mol. The van der Waals surface area contributed by atoms with Crippen LogP contribution in [0.3, 0.4) is 0 Å². The number of piperazine rings is 1. The van der Waals surface area contributed by atoms with Crippen molar-refractivity contribution in [3.8, 4) is 0 Å². The van der Waals surface area contributed by atoms with Crippen LogP contribution < -0.4 is 5.32 Å². The number of aliphatic carboxylic acids is 1. The fourth-order valence-corrected chi connectivity index (χ4v) is 3.33. The van der Waals surface area contributed by atoms with E-state index in [-0.39, 0.29) is 19.0 Å². The first-order valence-electron chi connectivity index (χ1n) is 6.70. The molecule has 2 N–H and O–H groups in total. The molecular weight excluding hydrogens is 314 g/mol. The van der Waals surface area contributed by atoms with Crippen molar-refractivity contribution in [3.63, 3.8) is 0 Å². The minimum absolute atomic E-state index is 0.240. The molecule has 0 aromatic carbocycles. The van der Waals surface area contributed by atoms with Crippen LogP contribution in [-0.4, -0.2) is 66.1 Å². The number of carboxylic acids is 1. The van der Waals surface area contributed by atoms with Crippen molar-refractivity contribution in [3.05, 3.63) is 21.3 Å². The van der Waals surface area contributed by atoms with Crippen molar-refractivity contribution >= 4 is 34.8 Å². The van der Waals surface area contributed by atoms with Crippen molar-refractivity contribution in [1.29, 1.82) is 0 Å². The van der Waals surface area contributed by atoms with E-state index in [9.17, 15) is 9.59 Å². The first-order valence-corrected chi connectivity index (χ1v) is 7.90. The fraction of sp³-hybridized carbons (Fsp3) is 0.538. The number of halogens is 1. The van der Waals surface area contributed by atoms with E-state index in [0.717, 1.165) is 37.1 Å². The summed E-state index contributed by atoms with van der Waals surface area (Å²) in [6.45, 7) is 4.21. The van der Waals surface area contributed by atoms with Gasteiger partial charge in [0.05, 0.1) is 10.9 Å². The van der Waals surface area contributed by atoms with E-state index in [1.165, 1.54) is 4.88 Å². The van der Waals surface area contributed by atoms with Gasteiger partial charge in [0.25, 0.3) is 0 Å². The maximum Gasteiger partial charge on any atom is 0.322 e. The van der Waals surface area contributed by atoms with Gasteiger partial charge in [0, 0.05) is 37.6 Å². The molecule has 1 aliphatic heterocycles. The Morgan fingerprint density at radius 3 is 2.48 bits per heavy atom. The summed E-state index contributed by atoms with van der Waals surface area (Å²) in [4.78, 5) is 27.5. The number of nitrogens with one attached hydrogen (secondary N) is 1. The van der Waals surface area contributed by atoms with E-state index in [4.69, 9.17) is 16.7 Å². The van der Waals surface area contributed by atoms with Crippen LogP contribution in [0.25, 0.3) is 0 Å². The predicted molar refractivity (Wildman–Crippen MR) is 81.7 cm³/mol. The number of hydrogen-bond acceptors (Lipinski definition) is 5. The maximum atomic E-state index is 11.5. The third-order valence-electron chi connectivity index (χ3n) is 3.28. The number of rotatable bonds is 6. The molecule has 1 amide bonds. The van der Waals surface area contributed by atoms with Crippen LogP contribution in [0.5, 0.6) is 0 Å². The quantitative estimate of drug-likeness (QED) is 0.803. The van der Waals surface area contributed by atoms with Crippen LogP contribution in [0.2, 0.25) is 4.34 Å². The summed E-state index contributed by atoms with van der Waals surface area (Å²) in [5.41, 5.74) is 0. The number of carbonyl (C=O) groups excluding carboxylic acids is 1. The third-order valence-corrected chi connectivity index (χ3v) is 4.49. The number of carboxylic acid groups (broad SMARTS) is 1. The first-order chi connectivity index (χ1) is 10.0. The second-order valence-electron chi connectivity index (χ2n) is 4.93. The van der Waals surface area contributed by atoms with Crippen LogP contribution in [0.4, 0.5) is 0 Å². The normalized spacial score (nSPS) is 16.8. The second kappa shape index (κ2) is 7.74. The lowest BCUT2D eigenvalue weighted by Crippen LogP contribution is -2.49. The standard InChI is InChI=1S/C13H18ClN3O3S/c14-11-2-1-10(21-11)8-16-3-5-17(6-4-16)9-12(18)15-7-13(19)20/h1-2H,3-9H2,(H,15,18)(H,19,20). The van der Waals surface area contributed by atoms with Gasteiger partial charge < -0.3 is 10.4 Å². The smallest absolute Gasteiger partial charge is 0.322 e. The topological polar surface area (TPSA) is 72.9 Å². The molecule has 2 heterocycles. The molecule has 0 radical (unpaired) electrons. The van der Waals surface area contributed by atoms with Gasteiger partial charge in [-0.3, -0.25) is 19.4 Å². The van der Waals surface area contributed by atoms with E-state index < -0.39 is 5.97 Å². The Kier molecular flexibility index (Phi) is 5.98. The zero-order valence-corrected chi connectivity index (χ0v) is 13.1. The van der Waals surface area contributed by atoms with Crippen LogP contribution in [0, 0.1) is 0 Å². The van der Waals surface area contributed by atoms with Gasteiger partial charge in [-0.05, 0) is 12.1 Å². The zero-order valence-electron chi connectivity index (χ0n) is 11.5. The minimum atomic E-state index is -1.03. The number of amides is 1. The summed E-state index contributed by atoms with van der Waals surface area (Å²) < 4.78 is 0.804. The number of thiophene rings is 1. The SMILES string of the molecule is O=C(O)CNC(=O)CN1CCN(Cc2ccc(Cl)s2)CC1. The summed E-state index contributed by atoms with van der Waals surface area (Å²) in [7, 11) is 0. The summed E-state index contributed by atoms with van der Waals surface area (Å²) in [6.07, 6.45) is 0. The summed E-state index contributed by atoms with van der Waals surface area (Å²) in [5.74, 6) is -1.27. The zero-order chi connectivity index (χ0) is 15.2. The van der Waals surface area contributed by atoms with Gasteiger partial charge in [-0.25, -0.2) is 0 Å². The van der Waals surface area contributed by atoms with Gasteiger partial charge in [0.2, 0.25) is 5.91 Å². The Morgan fingerprint density at radius 1 is 1.24 bits per heavy atom. The molecule has 6 nitrogen and oxygen atoms in total. The molecule has 0 spiro atoms. The van der Waals surface area contributed by atoms with Gasteiger partial charge in [-0.15, -0.1) is 11.3 Å². The maximum absolute atomic E-state index is 11.5. The van der Waals surface area contributed by atoms with E-state index in [0.29, 0.717) is 0 Å². The molecule has 8 heteroatoms. The van der Waals surface area contributed by atoms with Crippen LogP contribution >= 0.6 is 22.9 Å². The fourth-order valence-electron chi connectivity index (χ4n) is 2.20. The average molecular weight is 332 g/mol. The van der Waals surface area contributed by atoms with Crippen molar-refractivity contribution in [2.24, 2.45) is 0 Å². The molecule has 1 fully saturated rings. The van der Waals surface area contributed by atoms with Gasteiger partial charge in [0.15, 0.2) is 0 Å². The minimum Gasteiger partial charge on any atom is -0.480 e. The lowest BCUT2D eigenvalue weighted by molar-refractivity contribution is -0.138. The molecule has 0 aliphatic carbocycles. The van der Waals surface area contributed by atoms with Gasteiger partial charge in [-0.2, -0.15) is 0 Å². The summed E-state index contributed by atoms with van der Waals surface area (Å²) in [6, 6.07) is 3.95. The molecule has 0 atom stereocenters. The molecule has 1 aromatic heterocycles. The highest BCUT2D eigenvalue weighted by molar-refractivity contribution is 7.16. The number of hydrogen-bond donors (Lipinski definition) is 2. The Labute approximate surface area is 132 Å². The van der Waals surface area contributed by atoms with E-state index >= 15 is 0 Å². The van der Waals surface area contributed by atoms with Crippen molar-refractivity contribution in [2.45, 2.75) is 6.54 Å². The highest BCUT2D eigenvalue weighted by atomic mass is 35.5.